The number of carbonyl (C=O) groups excluding carboxylic acids is 1. The van der Waals surface area contributed by atoms with E-state index in [-0.39, 0.29) is 42.7 Å². The number of nitrogens with one attached hydrogen (secondary N) is 1. The molecule has 0 aliphatic heterocycles. The van der Waals surface area contributed by atoms with Crippen molar-refractivity contribution in [1.82, 2.24) is 15.3 Å². The van der Waals surface area contributed by atoms with Crippen molar-refractivity contribution < 1.29 is 23.8 Å². The molecule has 1 saturated carbocycles. The van der Waals surface area contributed by atoms with Gasteiger partial charge in [-0.05, 0) is 60.4 Å². The molecule has 6 nitrogen and oxygen atoms in total. The van der Waals surface area contributed by atoms with Crippen LogP contribution in [0.2, 0.25) is 0 Å². The zero-order valence-electron chi connectivity index (χ0n) is 20.9. The molecule has 2 aromatic heterocycles. The summed E-state index contributed by atoms with van der Waals surface area (Å²) in [4.78, 5) is 23.5. The highest BCUT2D eigenvalue weighted by atomic mass is 32.1. The summed E-state index contributed by atoms with van der Waals surface area (Å²) in [7, 11) is 0. The molecule has 0 saturated heterocycles. The van der Waals surface area contributed by atoms with Crippen molar-refractivity contribution in [1.29, 1.82) is 0 Å². The Morgan fingerprint density at radius 1 is 1.24 bits per heavy atom. The number of rotatable bonds is 6. The number of aliphatic hydroxyl groups excluding tert-OH is 2. The van der Waals surface area contributed by atoms with Gasteiger partial charge in [-0.2, -0.15) is 0 Å². The quantitative estimate of drug-likeness (QED) is 0.435. The fraction of sp³-hybridized carbons (Fsp3) is 0.464. The summed E-state index contributed by atoms with van der Waals surface area (Å²) in [5.74, 6) is -1.92. The minimum atomic E-state index is -0.711. The van der Waals surface area contributed by atoms with Crippen molar-refractivity contribution in [3.8, 4) is 10.6 Å². The van der Waals surface area contributed by atoms with Gasteiger partial charge in [0.15, 0.2) is 0 Å². The van der Waals surface area contributed by atoms with Gasteiger partial charge in [0, 0.05) is 53.2 Å². The topological polar surface area (TPSA) is 95.3 Å². The number of nitrogens with zero attached hydrogens (tertiary/aromatic N) is 2. The van der Waals surface area contributed by atoms with E-state index in [0.29, 0.717) is 24.8 Å². The van der Waals surface area contributed by atoms with Gasteiger partial charge in [0.25, 0.3) is 0 Å². The molecule has 2 heterocycles. The molecular weight excluding hydrogens is 496 g/mol. The second kappa shape index (κ2) is 9.85. The molecule has 5 atom stereocenters. The second-order valence-corrected chi connectivity index (χ2v) is 11.9. The van der Waals surface area contributed by atoms with Gasteiger partial charge < -0.3 is 15.5 Å². The van der Waals surface area contributed by atoms with Gasteiger partial charge in [-0.3, -0.25) is 9.78 Å². The van der Waals surface area contributed by atoms with E-state index in [9.17, 15) is 23.8 Å². The highest BCUT2D eigenvalue weighted by Crippen LogP contribution is 2.62. The number of halogens is 2. The van der Waals surface area contributed by atoms with Gasteiger partial charge in [0.1, 0.15) is 16.6 Å². The van der Waals surface area contributed by atoms with Crippen LogP contribution in [0.25, 0.3) is 10.6 Å². The van der Waals surface area contributed by atoms with Gasteiger partial charge in [-0.1, -0.05) is 13.8 Å². The third kappa shape index (κ3) is 4.69. The molecule has 2 aliphatic rings. The summed E-state index contributed by atoms with van der Waals surface area (Å²) in [5, 5.41) is 25.0. The Labute approximate surface area is 218 Å². The Bertz CT molecular complexity index is 1280. The normalized spacial score (nSPS) is 28.9. The van der Waals surface area contributed by atoms with Gasteiger partial charge in [-0.25, -0.2) is 13.8 Å². The first-order chi connectivity index (χ1) is 17.6. The summed E-state index contributed by atoms with van der Waals surface area (Å²) < 4.78 is 27.2. The molecule has 196 valence electrons. The average Bonchev–Trinajstić information content (AvgIpc) is 3.30. The Morgan fingerprint density at radius 2 is 2.00 bits per heavy atom. The fourth-order valence-corrected chi connectivity index (χ4v) is 7.59. The van der Waals surface area contributed by atoms with Crippen LogP contribution in [-0.2, 0) is 17.8 Å². The number of aromatic nitrogens is 2. The Kier molecular flexibility index (Phi) is 6.89. The van der Waals surface area contributed by atoms with E-state index < -0.39 is 23.2 Å². The molecular formula is C28H31F2N3O3S. The lowest BCUT2D eigenvalue weighted by molar-refractivity contribution is -0.144. The maximum absolute atomic E-state index is 13.6. The standard InChI is InChI=1S/C28H31F2N3O3S/c1-27-6-5-23(35)28(2,15-34)22(27)12-21-25(33-26(37-21)17-4-3-7-31-14-17)20(27)11-24(36)32-13-16-8-18(29)10-19(30)9-16/h3-4,7-10,14,20,22-23,34-35H,5-6,11-13,15H2,1-2H3,(H,32,36)/t20-,22+,23-,27+,28+/m1/s1. The minimum Gasteiger partial charge on any atom is -0.396 e. The minimum absolute atomic E-state index is 0.0122. The smallest absolute Gasteiger partial charge is 0.220 e. The molecule has 0 spiro atoms. The van der Waals surface area contributed by atoms with E-state index >= 15 is 0 Å². The molecule has 1 aromatic carbocycles. The number of hydrogen-bond donors (Lipinski definition) is 3. The molecule has 9 heteroatoms. The summed E-state index contributed by atoms with van der Waals surface area (Å²) in [6.45, 7) is 3.94. The number of fused-ring (bicyclic) bond motifs is 2. The predicted molar refractivity (Wildman–Crippen MR) is 137 cm³/mol. The van der Waals surface area contributed by atoms with Crippen LogP contribution in [0.3, 0.4) is 0 Å². The molecule has 2 aliphatic carbocycles. The van der Waals surface area contributed by atoms with Gasteiger partial charge in [0.2, 0.25) is 5.91 Å². The summed E-state index contributed by atoms with van der Waals surface area (Å²) in [6.07, 6.45) is 4.86. The predicted octanol–water partition coefficient (Wildman–Crippen LogP) is 4.61. The lowest BCUT2D eigenvalue weighted by Gasteiger charge is -2.58. The Hall–Kier alpha value is -2.75. The van der Waals surface area contributed by atoms with Crippen molar-refractivity contribution in [2.24, 2.45) is 16.7 Å². The van der Waals surface area contributed by atoms with Crippen LogP contribution in [0.15, 0.2) is 42.7 Å². The summed E-state index contributed by atoms with van der Waals surface area (Å²) >= 11 is 1.57. The second-order valence-electron chi connectivity index (χ2n) is 10.9. The lowest BCUT2D eigenvalue weighted by atomic mass is 9.47. The summed E-state index contributed by atoms with van der Waals surface area (Å²) in [6, 6.07) is 7.02. The third-order valence-electron chi connectivity index (χ3n) is 8.60. The molecule has 3 N–H and O–H groups in total. The molecule has 5 rings (SSSR count). The van der Waals surface area contributed by atoms with Crippen molar-refractivity contribution in [2.75, 3.05) is 6.61 Å². The number of carbonyl (C=O) groups is 1. The zero-order valence-corrected chi connectivity index (χ0v) is 21.7. The SMILES string of the molecule is C[C@]1(CO)[C@H]2Cc3sc(-c4cccnc4)nc3[C@@H](CC(=O)NCc3cc(F)cc(F)c3)[C@]2(C)CC[C@H]1O. The van der Waals surface area contributed by atoms with Gasteiger partial charge in [0.05, 0.1) is 18.4 Å². The molecule has 37 heavy (non-hydrogen) atoms. The Balaban J connectivity index is 1.48. The molecule has 1 amide bonds. The number of aliphatic hydroxyl groups is 2. The van der Waals surface area contributed by atoms with Crippen LogP contribution >= 0.6 is 11.3 Å². The number of benzene rings is 1. The van der Waals surface area contributed by atoms with Crippen LogP contribution in [0.5, 0.6) is 0 Å². The fourth-order valence-electron chi connectivity index (χ4n) is 6.43. The monoisotopic (exact) mass is 527 g/mol. The van der Waals surface area contributed by atoms with E-state index in [2.05, 4.69) is 17.2 Å². The van der Waals surface area contributed by atoms with Crippen LogP contribution < -0.4 is 5.32 Å². The third-order valence-corrected chi connectivity index (χ3v) is 9.75. The number of hydrogen-bond acceptors (Lipinski definition) is 6. The maximum Gasteiger partial charge on any atom is 0.220 e. The first-order valence-corrected chi connectivity index (χ1v) is 13.4. The molecule has 3 aromatic rings. The van der Waals surface area contributed by atoms with Crippen LogP contribution in [0.1, 0.15) is 55.2 Å². The van der Waals surface area contributed by atoms with Crippen molar-refractivity contribution in [3.63, 3.8) is 0 Å². The van der Waals surface area contributed by atoms with Crippen molar-refractivity contribution >= 4 is 17.2 Å². The largest absolute Gasteiger partial charge is 0.396 e. The highest BCUT2D eigenvalue weighted by molar-refractivity contribution is 7.15. The highest BCUT2D eigenvalue weighted by Gasteiger charge is 2.59. The molecule has 0 radical (unpaired) electrons. The molecule has 1 fully saturated rings. The maximum atomic E-state index is 13.6. The van der Waals surface area contributed by atoms with Crippen LogP contribution in [-0.4, -0.2) is 38.8 Å². The van der Waals surface area contributed by atoms with E-state index in [1.54, 1.807) is 23.7 Å². The van der Waals surface area contributed by atoms with Gasteiger partial charge >= 0.3 is 0 Å². The Morgan fingerprint density at radius 3 is 2.68 bits per heavy atom. The first-order valence-electron chi connectivity index (χ1n) is 12.5. The summed E-state index contributed by atoms with van der Waals surface area (Å²) in [5.41, 5.74) is 1.03. The number of thiazole rings is 1. The average molecular weight is 528 g/mol. The van der Waals surface area contributed by atoms with E-state index in [1.807, 2.05) is 19.1 Å². The van der Waals surface area contributed by atoms with Crippen molar-refractivity contribution in [2.45, 2.75) is 58.1 Å². The van der Waals surface area contributed by atoms with E-state index in [4.69, 9.17) is 4.98 Å². The first kappa shape index (κ1) is 25.9. The molecule has 0 unspecified atom stereocenters. The van der Waals surface area contributed by atoms with Crippen LogP contribution in [0, 0.1) is 28.4 Å². The molecule has 0 bridgehead atoms. The zero-order chi connectivity index (χ0) is 26.4. The number of amides is 1. The van der Waals surface area contributed by atoms with Crippen molar-refractivity contribution in [3.05, 3.63) is 70.5 Å². The lowest BCUT2D eigenvalue weighted by Crippen LogP contribution is -2.57. The van der Waals surface area contributed by atoms with Crippen LogP contribution in [0.4, 0.5) is 8.78 Å². The van der Waals surface area contributed by atoms with Gasteiger partial charge in [-0.15, -0.1) is 11.3 Å². The van der Waals surface area contributed by atoms with E-state index in [0.717, 1.165) is 27.2 Å². The van der Waals surface area contributed by atoms with E-state index in [1.165, 1.54) is 12.1 Å². The number of pyridine rings is 1.